The summed E-state index contributed by atoms with van der Waals surface area (Å²) >= 11 is 0. The average Bonchev–Trinajstić information content (AvgIpc) is 2.02. The van der Waals surface area contributed by atoms with E-state index in [-0.39, 0.29) is 5.48 Å². The van der Waals surface area contributed by atoms with Crippen LogP contribution >= 0.6 is 31.5 Å². The Morgan fingerprint density at radius 1 is 1.19 bits per heavy atom. The Morgan fingerprint density at radius 2 is 1.50 bits per heavy atom. The summed E-state index contributed by atoms with van der Waals surface area (Å²) in [6.07, 6.45) is 0. The van der Waals surface area contributed by atoms with Gasteiger partial charge in [-0.3, -0.25) is 9.79 Å². The molecule has 0 aliphatic carbocycles. The van der Waals surface area contributed by atoms with Gasteiger partial charge in [-0.05, 0) is 0 Å². The van der Waals surface area contributed by atoms with Crippen molar-refractivity contribution in [1.29, 1.82) is 0 Å². The van der Waals surface area contributed by atoms with Gasteiger partial charge in [0.2, 0.25) is 0 Å². The highest BCUT2D eigenvalue weighted by Gasteiger charge is 2.36. The van der Waals surface area contributed by atoms with Crippen LogP contribution in [0.2, 0.25) is 0 Å². The fraction of sp³-hybridized carbons (Fsp3) is 0. The number of rotatable bonds is 4. The molecule has 0 amide bonds. The van der Waals surface area contributed by atoms with E-state index in [9.17, 15) is 23.2 Å². The second-order valence-corrected chi connectivity index (χ2v) is 7.16. The van der Waals surface area contributed by atoms with E-state index < -0.39 is 31.5 Å². The number of hydrogen-bond acceptors (Lipinski definition) is 8. The molecule has 16 heteroatoms. The van der Waals surface area contributed by atoms with Crippen LogP contribution in [0, 0.1) is 0 Å². The van der Waals surface area contributed by atoms with Gasteiger partial charge in [0.15, 0.2) is 4.31 Å². The minimum atomic E-state index is -4.78. The lowest BCUT2D eigenvalue weighted by atomic mass is 15.0. The Balaban J connectivity index is -0.000000200. The van der Waals surface area contributed by atoms with Crippen LogP contribution < -0.4 is 4.89 Å². The lowest BCUT2D eigenvalue weighted by Gasteiger charge is -1.85. The van der Waals surface area contributed by atoms with Crippen molar-refractivity contribution in [2.45, 2.75) is 0 Å². The first kappa shape index (κ1) is 21.5. The van der Waals surface area contributed by atoms with E-state index in [1.165, 1.54) is 0 Å². The third-order valence-corrected chi connectivity index (χ3v) is 3.34. The molecule has 0 aromatic carbocycles. The van der Waals surface area contributed by atoms with Gasteiger partial charge in [0.1, 0.15) is 0 Å². The normalized spacial score (nSPS) is 12.7. The second-order valence-electron chi connectivity index (χ2n) is 1.38. The molecule has 0 aliphatic rings. The van der Waals surface area contributed by atoms with E-state index >= 15 is 0 Å². The zero-order chi connectivity index (χ0) is 12.6. The topological polar surface area (TPSA) is 222 Å². The Kier molecular flexibility index (Phi) is 13.9. The Bertz CT molecular complexity index is 283. The molecule has 0 fully saturated rings. The van der Waals surface area contributed by atoms with Crippen molar-refractivity contribution < 1.29 is 57.6 Å². The van der Waals surface area contributed by atoms with Gasteiger partial charge in [-0.15, -0.1) is 4.89 Å². The molecule has 0 rings (SSSR count). The molecule has 0 spiro atoms. The quantitative estimate of drug-likeness (QED) is 0.283. The summed E-state index contributed by atoms with van der Waals surface area (Å²) in [6.45, 7) is 0. The molecule has 0 aromatic rings. The maximum absolute atomic E-state index is 9.73. The van der Waals surface area contributed by atoms with Crippen molar-refractivity contribution in [3.8, 4) is 0 Å². The average molecular weight is 322 g/mol. The first-order valence-corrected chi connectivity index (χ1v) is 8.16. The molecule has 0 radical (unpaired) electrons. The van der Waals surface area contributed by atoms with Gasteiger partial charge in [-0.2, -0.15) is 0 Å². The summed E-state index contributed by atoms with van der Waals surface area (Å²) < 4.78 is 44.5. The third kappa shape index (κ3) is 16.6. The zero-order valence-electron chi connectivity index (χ0n) is 6.94. The summed E-state index contributed by atoms with van der Waals surface area (Å²) in [7, 11) is -14.2. The fourth-order valence-electron chi connectivity index (χ4n) is 0.0719. The summed E-state index contributed by atoms with van der Waals surface area (Å²) in [6, 6.07) is 0. The molecule has 16 heavy (non-hydrogen) atoms. The van der Waals surface area contributed by atoms with Crippen molar-refractivity contribution in [2.75, 3.05) is 0 Å². The molecule has 0 aliphatic heterocycles. The molecular weight excluding hydrogens is 316 g/mol. The van der Waals surface area contributed by atoms with Crippen molar-refractivity contribution in [3.05, 3.63) is 0 Å². The molecule has 12 nitrogen and oxygen atoms in total. The SMILES string of the molecule is O.O=[P+](O)O[P+](=O)OO.O=[P+]([O-])P(=O)(O)O. The van der Waals surface area contributed by atoms with E-state index in [1.807, 2.05) is 0 Å². The van der Waals surface area contributed by atoms with Crippen molar-refractivity contribution in [2.24, 2.45) is 0 Å². The van der Waals surface area contributed by atoms with E-state index in [0.717, 1.165) is 0 Å². The minimum Gasteiger partial charge on any atom is -0.588 e. The molecule has 0 saturated heterocycles. The third-order valence-electron chi connectivity index (χ3n) is 0.416. The van der Waals surface area contributed by atoms with Crippen LogP contribution in [-0.2, 0) is 27.2 Å². The number of hydrogen-bond donors (Lipinski definition) is 4. The van der Waals surface area contributed by atoms with E-state index in [4.69, 9.17) is 19.9 Å². The van der Waals surface area contributed by atoms with Gasteiger partial charge in [-0.1, -0.05) is 4.57 Å². The maximum Gasteiger partial charge on any atom is 0.778 e. The summed E-state index contributed by atoms with van der Waals surface area (Å²) in [5.74, 6) is 0. The fourth-order valence-corrected chi connectivity index (χ4v) is 0.647. The molecule has 0 saturated carbocycles. The molecule has 0 aromatic heterocycles. The van der Waals surface area contributed by atoms with Crippen LogP contribution in [0.25, 0.3) is 0 Å². The highest BCUT2D eigenvalue weighted by molar-refractivity contribution is 8.19. The van der Waals surface area contributed by atoms with Crippen LogP contribution in [0.15, 0.2) is 0 Å². The monoisotopic (exact) mass is 322 g/mol. The van der Waals surface area contributed by atoms with Crippen LogP contribution in [0.1, 0.15) is 0 Å². The van der Waals surface area contributed by atoms with E-state index in [1.54, 1.807) is 0 Å². The predicted octanol–water partition coefficient (Wildman–Crippen LogP) is -0.843. The lowest BCUT2D eigenvalue weighted by Crippen LogP contribution is -1.84. The summed E-state index contributed by atoms with van der Waals surface area (Å²) in [5, 5.41) is 7.44. The van der Waals surface area contributed by atoms with E-state index in [2.05, 4.69) is 8.99 Å². The first-order chi connectivity index (χ1) is 6.61. The largest absolute Gasteiger partial charge is 0.778 e. The molecular formula is H6O12P4+2. The Hall–Kier alpha value is 0.210. The predicted molar refractivity (Wildman–Crippen MR) is 45.5 cm³/mol. The molecule has 0 heterocycles. The van der Waals surface area contributed by atoms with Gasteiger partial charge in [0.25, 0.3) is 0 Å². The van der Waals surface area contributed by atoms with Gasteiger partial charge < -0.3 is 10.4 Å². The van der Waals surface area contributed by atoms with Crippen LogP contribution in [-0.4, -0.2) is 25.4 Å². The Labute approximate surface area is 89.9 Å². The maximum atomic E-state index is 9.73. The Morgan fingerprint density at radius 3 is 1.56 bits per heavy atom. The standard InChI is InChI=1S/O6P2.H2O5P2.H2O/c1-5-8(4)6-7(2)3;1-6(2)7(3,4)5;/h;(H2,3,4,5);1H2/p+2. The van der Waals surface area contributed by atoms with Gasteiger partial charge >= 0.3 is 31.5 Å². The lowest BCUT2D eigenvalue weighted by molar-refractivity contribution is -0.159. The van der Waals surface area contributed by atoms with Crippen molar-refractivity contribution >= 4 is 31.5 Å². The molecule has 0 bridgehead atoms. The molecule has 3 unspecified atom stereocenters. The smallest absolute Gasteiger partial charge is 0.588 e. The summed E-state index contributed by atoms with van der Waals surface area (Å²) in [4.78, 5) is 32.3. The zero-order valence-corrected chi connectivity index (χ0v) is 10.5. The van der Waals surface area contributed by atoms with Crippen LogP contribution in [0.4, 0.5) is 0 Å². The second kappa shape index (κ2) is 10.4. The van der Waals surface area contributed by atoms with Crippen molar-refractivity contribution in [1.82, 2.24) is 0 Å². The van der Waals surface area contributed by atoms with Gasteiger partial charge in [-0.25, -0.2) is 9.82 Å². The highest BCUT2D eigenvalue weighted by atomic mass is 32.1. The first-order valence-electron chi connectivity index (χ1n) is 2.44. The van der Waals surface area contributed by atoms with Gasteiger partial charge in [0.05, 0.1) is 4.67 Å². The highest BCUT2D eigenvalue weighted by Crippen LogP contribution is 2.56. The van der Waals surface area contributed by atoms with Crippen LogP contribution in [0.5, 0.6) is 0 Å². The molecule has 3 atom stereocenters. The molecule has 6 N–H and O–H groups in total. The van der Waals surface area contributed by atoms with Crippen LogP contribution in [0.3, 0.4) is 0 Å². The van der Waals surface area contributed by atoms with E-state index in [0.29, 0.717) is 0 Å². The summed E-state index contributed by atoms with van der Waals surface area (Å²) in [5.41, 5.74) is 0. The molecule has 96 valence electrons. The van der Waals surface area contributed by atoms with Crippen molar-refractivity contribution in [3.63, 3.8) is 0 Å². The van der Waals surface area contributed by atoms with Gasteiger partial charge in [0, 0.05) is 9.13 Å². The minimum absolute atomic E-state index is 0.